The summed E-state index contributed by atoms with van der Waals surface area (Å²) >= 11 is 5.91. The Labute approximate surface area is 104 Å². The van der Waals surface area contributed by atoms with Crippen LogP contribution < -0.4 is 4.74 Å². The molecule has 0 spiro atoms. The minimum Gasteiger partial charge on any atom is -0.419 e. The van der Waals surface area contributed by atoms with Crippen molar-refractivity contribution in [1.82, 2.24) is 20.2 Å². The SMILES string of the molecule is Cc1cc(Oc2cc(Cl)nc(C(C)C)n2)n[nH]1. The Balaban J connectivity index is 2.26. The van der Waals surface area contributed by atoms with Crippen LogP contribution in [-0.4, -0.2) is 20.2 Å². The van der Waals surface area contributed by atoms with E-state index >= 15 is 0 Å². The zero-order chi connectivity index (χ0) is 12.4. The van der Waals surface area contributed by atoms with E-state index in [1.54, 1.807) is 12.1 Å². The Morgan fingerprint density at radius 1 is 1.24 bits per heavy atom. The Kier molecular flexibility index (Phi) is 3.28. The fourth-order valence-corrected chi connectivity index (χ4v) is 1.46. The molecule has 0 bridgehead atoms. The molecule has 0 fully saturated rings. The number of hydrogen-bond acceptors (Lipinski definition) is 4. The molecule has 90 valence electrons. The monoisotopic (exact) mass is 252 g/mol. The first kappa shape index (κ1) is 11.9. The lowest BCUT2D eigenvalue weighted by Crippen LogP contribution is -1.99. The van der Waals surface area contributed by atoms with E-state index in [2.05, 4.69) is 20.2 Å². The number of aromatic nitrogens is 4. The van der Waals surface area contributed by atoms with Gasteiger partial charge in [0, 0.05) is 23.7 Å². The van der Waals surface area contributed by atoms with Gasteiger partial charge in [0.25, 0.3) is 0 Å². The van der Waals surface area contributed by atoms with Crippen LogP contribution in [0, 0.1) is 6.92 Å². The van der Waals surface area contributed by atoms with Crippen LogP contribution in [0.3, 0.4) is 0 Å². The first-order valence-corrected chi connectivity index (χ1v) is 5.66. The summed E-state index contributed by atoms with van der Waals surface area (Å²) in [4.78, 5) is 8.39. The summed E-state index contributed by atoms with van der Waals surface area (Å²) in [5.74, 6) is 1.71. The Hall–Kier alpha value is -1.62. The number of H-pyrrole nitrogens is 1. The summed E-state index contributed by atoms with van der Waals surface area (Å²) in [6.45, 7) is 5.88. The van der Waals surface area contributed by atoms with Gasteiger partial charge in [0.2, 0.25) is 11.8 Å². The molecule has 0 saturated heterocycles. The molecule has 0 atom stereocenters. The average Bonchev–Trinajstić information content (AvgIpc) is 2.63. The Morgan fingerprint density at radius 3 is 2.59 bits per heavy atom. The normalized spacial score (nSPS) is 10.9. The van der Waals surface area contributed by atoms with Crippen LogP contribution in [0.2, 0.25) is 5.15 Å². The fourth-order valence-electron chi connectivity index (χ4n) is 1.28. The second-order valence-corrected chi connectivity index (χ2v) is 4.42. The topological polar surface area (TPSA) is 63.7 Å². The summed E-state index contributed by atoms with van der Waals surface area (Å²) in [6.07, 6.45) is 0. The lowest BCUT2D eigenvalue weighted by Gasteiger charge is -2.06. The van der Waals surface area contributed by atoms with E-state index in [-0.39, 0.29) is 5.92 Å². The number of aromatic amines is 1. The predicted molar refractivity (Wildman–Crippen MR) is 64.5 cm³/mol. The highest BCUT2D eigenvalue weighted by Gasteiger charge is 2.09. The van der Waals surface area contributed by atoms with Crippen molar-refractivity contribution >= 4 is 11.6 Å². The number of ether oxygens (including phenoxy) is 1. The van der Waals surface area contributed by atoms with Crippen molar-refractivity contribution in [3.8, 4) is 11.8 Å². The molecule has 5 nitrogen and oxygen atoms in total. The molecule has 0 radical (unpaired) electrons. The maximum absolute atomic E-state index is 5.91. The quantitative estimate of drug-likeness (QED) is 0.853. The van der Waals surface area contributed by atoms with E-state index in [1.807, 2.05) is 20.8 Å². The van der Waals surface area contributed by atoms with Gasteiger partial charge in [0.15, 0.2) is 0 Å². The number of hydrogen-bond donors (Lipinski definition) is 1. The summed E-state index contributed by atoms with van der Waals surface area (Å²) < 4.78 is 5.49. The van der Waals surface area contributed by atoms with Crippen LogP contribution >= 0.6 is 11.6 Å². The van der Waals surface area contributed by atoms with Crippen LogP contribution in [0.1, 0.15) is 31.3 Å². The van der Waals surface area contributed by atoms with Crippen LogP contribution in [0.5, 0.6) is 11.8 Å². The number of aryl methyl sites for hydroxylation is 1. The maximum Gasteiger partial charge on any atom is 0.240 e. The number of nitrogens with one attached hydrogen (secondary N) is 1. The second-order valence-electron chi connectivity index (χ2n) is 4.03. The second kappa shape index (κ2) is 4.71. The third-order valence-electron chi connectivity index (χ3n) is 2.10. The van der Waals surface area contributed by atoms with Crippen LogP contribution in [0.4, 0.5) is 0 Å². The largest absolute Gasteiger partial charge is 0.419 e. The molecule has 2 rings (SSSR count). The van der Waals surface area contributed by atoms with Gasteiger partial charge in [-0.1, -0.05) is 25.4 Å². The zero-order valence-corrected chi connectivity index (χ0v) is 10.6. The van der Waals surface area contributed by atoms with Gasteiger partial charge >= 0.3 is 0 Å². The lowest BCUT2D eigenvalue weighted by molar-refractivity contribution is 0.438. The molecule has 0 aromatic carbocycles. The van der Waals surface area contributed by atoms with Gasteiger partial charge in [-0.2, -0.15) is 4.98 Å². The van der Waals surface area contributed by atoms with E-state index in [1.165, 1.54) is 0 Å². The average molecular weight is 253 g/mol. The highest BCUT2D eigenvalue weighted by atomic mass is 35.5. The third-order valence-corrected chi connectivity index (χ3v) is 2.29. The molecule has 0 aliphatic heterocycles. The van der Waals surface area contributed by atoms with Crippen molar-refractivity contribution in [3.63, 3.8) is 0 Å². The molecule has 0 aliphatic rings. The number of rotatable bonds is 3. The number of nitrogens with zero attached hydrogens (tertiary/aromatic N) is 3. The molecular weight excluding hydrogens is 240 g/mol. The molecule has 1 N–H and O–H groups in total. The Morgan fingerprint density at radius 2 is 2.00 bits per heavy atom. The molecule has 2 aromatic heterocycles. The van der Waals surface area contributed by atoms with Crippen molar-refractivity contribution < 1.29 is 4.74 Å². The molecule has 0 amide bonds. The van der Waals surface area contributed by atoms with Gasteiger partial charge in [0.05, 0.1) is 0 Å². The fraction of sp³-hybridized carbons (Fsp3) is 0.364. The van der Waals surface area contributed by atoms with Crippen molar-refractivity contribution in [2.45, 2.75) is 26.7 Å². The van der Waals surface area contributed by atoms with E-state index in [0.29, 0.717) is 22.7 Å². The minimum atomic E-state index is 0.192. The molecule has 2 heterocycles. The maximum atomic E-state index is 5.91. The van der Waals surface area contributed by atoms with Gasteiger partial charge in [-0.05, 0) is 6.92 Å². The van der Waals surface area contributed by atoms with Crippen LogP contribution in [0.15, 0.2) is 12.1 Å². The van der Waals surface area contributed by atoms with Gasteiger partial charge in [-0.3, -0.25) is 5.10 Å². The first-order chi connectivity index (χ1) is 8.04. The van der Waals surface area contributed by atoms with Gasteiger partial charge in [-0.25, -0.2) is 4.98 Å². The van der Waals surface area contributed by atoms with Gasteiger partial charge in [0.1, 0.15) is 11.0 Å². The molecule has 0 aliphatic carbocycles. The molecular formula is C11H13ClN4O. The zero-order valence-electron chi connectivity index (χ0n) is 9.86. The molecule has 6 heteroatoms. The molecule has 17 heavy (non-hydrogen) atoms. The first-order valence-electron chi connectivity index (χ1n) is 5.29. The smallest absolute Gasteiger partial charge is 0.240 e. The van der Waals surface area contributed by atoms with Crippen molar-refractivity contribution in [1.29, 1.82) is 0 Å². The van der Waals surface area contributed by atoms with Crippen molar-refractivity contribution in [2.75, 3.05) is 0 Å². The summed E-state index contributed by atoms with van der Waals surface area (Å²) in [7, 11) is 0. The van der Waals surface area contributed by atoms with Gasteiger partial charge in [-0.15, -0.1) is 5.10 Å². The summed E-state index contributed by atoms with van der Waals surface area (Å²) in [5.41, 5.74) is 0.921. The van der Waals surface area contributed by atoms with E-state index < -0.39 is 0 Å². The van der Waals surface area contributed by atoms with E-state index in [9.17, 15) is 0 Å². The highest BCUT2D eigenvalue weighted by Crippen LogP contribution is 2.22. The van der Waals surface area contributed by atoms with Crippen LogP contribution in [-0.2, 0) is 0 Å². The molecule has 0 unspecified atom stereocenters. The van der Waals surface area contributed by atoms with E-state index in [0.717, 1.165) is 5.69 Å². The third kappa shape index (κ3) is 2.94. The standard InChI is InChI=1S/C11H13ClN4O/c1-6(2)11-13-8(12)5-9(14-11)17-10-4-7(3)15-16-10/h4-6H,1-3H3,(H,15,16). The van der Waals surface area contributed by atoms with Gasteiger partial charge < -0.3 is 4.74 Å². The highest BCUT2D eigenvalue weighted by molar-refractivity contribution is 6.29. The minimum absolute atomic E-state index is 0.192. The molecule has 2 aromatic rings. The van der Waals surface area contributed by atoms with Crippen LogP contribution in [0.25, 0.3) is 0 Å². The summed E-state index contributed by atoms with van der Waals surface area (Å²) in [5, 5.41) is 7.12. The van der Waals surface area contributed by atoms with Crippen molar-refractivity contribution in [3.05, 3.63) is 28.8 Å². The lowest BCUT2D eigenvalue weighted by atomic mass is 10.2. The summed E-state index contributed by atoms with van der Waals surface area (Å²) in [6, 6.07) is 3.35. The molecule has 0 saturated carbocycles. The Bertz CT molecular complexity index is 524. The number of halogens is 1. The predicted octanol–water partition coefficient (Wildman–Crippen LogP) is 3.08. The van der Waals surface area contributed by atoms with Crippen molar-refractivity contribution in [2.24, 2.45) is 0 Å². The van der Waals surface area contributed by atoms with E-state index in [4.69, 9.17) is 16.3 Å².